The third kappa shape index (κ3) is 5.75. The first-order valence-electron chi connectivity index (χ1n) is 9.10. The number of hydrogen-bond donors (Lipinski definition) is 0. The molecule has 0 radical (unpaired) electrons. The van der Waals surface area contributed by atoms with Gasteiger partial charge in [0.2, 0.25) is 0 Å². The molecule has 0 N–H and O–H groups in total. The lowest BCUT2D eigenvalue weighted by Crippen LogP contribution is -2.01. The summed E-state index contributed by atoms with van der Waals surface area (Å²) in [6.07, 6.45) is 1.74. The van der Waals surface area contributed by atoms with Gasteiger partial charge in [-0.3, -0.25) is 4.99 Å². The first kappa shape index (κ1) is 21.7. The second kappa shape index (κ2) is 10.1. The summed E-state index contributed by atoms with van der Waals surface area (Å²) < 4.78 is 12.7. The summed E-state index contributed by atoms with van der Waals surface area (Å²) in [5.41, 5.74) is 3.58. The minimum Gasteiger partial charge on any atom is -0.490 e. The Hall–Kier alpha value is -2.01. The Balaban J connectivity index is 1.84. The zero-order valence-electron chi connectivity index (χ0n) is 16.1. The minimum absolute atomic E-state index is 0.391. The molecule has 0 aliphatic rings. The molecule has 3 nitrogen and oxygen atoms in total. The van der Waals surface area contributed by atoms with Gasteiger partial charge < -0.3 is 9.47 Å². The molecule has 3 aromatic carbocycles. The third-order valence-electron chi connectivity index (χ3n) is 4.22. The van der Waals surface area contributed by atoms with Gasteiger partial charge in [0.25, 0.3) is 0 Å². The molecule has 0 spiro atoms. The van der Waals surface area contributed by atoms with Crippen LogP contribution in [0.5, 0.6) is 11.5 Å². The van der Waals surface area contributed by atoms with E-state index in [9.17, 15) is 0 Å². The Morgan fingerprint density at radius 3 is 2.48 bits per heavy atom. The Morgan fingerprint density at radius 1 is 1.00 bits per heavy atom. The van der Waals surface area contributed by atoms with E-state index in [1.807, 2.05) is 68.4 Å². The van der Waals surface area contributed by atoms with E-state index in [0.29, 0.717) is 34.8 Å². The van der Waals surface area contributed by atoms with Crippen molar-refractivity contribution in [1.29, 1.82) is 0 Å². The predicted molar refractivity (Wildman–Crippen MR) is 125 cm³/mol. The Labute approximate surface area is 189 Å². The van der Waals surface area contributed by atoms with Crippen LogP contribution < -0.4 is 9.47 Å². The molecular weight excluding hydrogens is 473 g/mol. The number of benzene rings is 3. The third-order valence-corrected chi connectivity index (χ3v) is 5.44. The molecule has 150 valence electrons. The monoisotopic (exact) mass is 491 g/mol. The molecule has 0 amide bonds. The van der Waals surface area contributed by atoms with E-state index in [-0.39, 0.29) is 0 Å². The molecule has 29 heavy (non-hydrogen) atoms. The number of rotatable bonds is 7. The van der Waals surface area contributed by atoms with E-state index in [4.69, 9.17) is 32.7 Å². The predicted octanol–water partition coefficient (Wildman–Crippen LogP) is 7.79. The quantitative estimate of drug-likeness (QED) is 0.315. The van der Waals surface area contributed by atoms with Gasteiger partial charge in [-0.25, -0.2) is 0 Å². The summed E-state index contributed by atoms with van der Waals surface area (Å²) >= 11 is 16.1. The van der Waals surface area contributed by atoms with Crippen LogP contribution in [0.25, 0.3) is 0 Å². The van der Waals surface area contributed by atoms with E-state index >= 15 is 0 Å². The van der Waals surface area contributed by atoms with Crippen LogP contribution in [0, 0.1) is 6.92 Å². The molecule has 0 saturated heterocycles. The number of ether oxygens (including phenoxy) is 2. The van der Waals surface area contributed by atoms with Crippen LogP contribution in [-0.4, -0.2) is 12.8 Å². The Bertz CT molecular complexity index is 1020. The highest BCUT2D eigenvalue weighted by Crippen LogP contribution is 2.37. The molecule has 3 aromatic rings. The lowest BCUT2D eigenvalue weighted by atomic mass is 10.2. The summed E-state index contributed by atoms with van der Waals surface area (Å²) in [7, 11) is 0. The fourth-order valence-electron chi connectivity index (χ4n) is 2.68. The summed E-state index contributed by atoms with van der Waals surface area (Å²) in [6.45, 7) is 4.75. The zero-order chi connectivity index (χ0) is 20.8. The highest BCUT2D eigenvalue weighted by molar-refractivity contribution is 9.10. The molecule has 0 heterocycles. The Morgan fingerprint density at radius 2 is 1.76 bits per heavy atom. The van der Waals surface area contributed by atoms with Crippen molar-refractivity contribution in [3.8, 4) is 11.5 Å². The topological polar surface area (TPSA) is 30.8 Å². The van der Waals surface area contributed by atoms with Gasteiger partial charge >= 0.3 is 0 Å². The summed E-state index contributed by atoms with van der Waals surface area (Å²) in [5, 5.41) is 1.15. The van der Waals surface area contributed by atoms with Gasteiger partial charge in [0.1, 0.15) is 6.61 Å². The lowest BCUT2D eigenvalue weighted by molar-refractivity contribution is 0.269. The van der Waals surface area contributed by atoms with E-state index < -0.39 is 0 Å². The molecular formula is C23H20BrCl2NO2. The maximum atomic E-state index is 6.50. The van der Waals surface area contributed by atoms with Gasteiger partial charge in [0.15, 0.2) is 11.5 Å². The van der Waals surface area contributed by atoms with Crippen molar-refractivity contribution >= 4 is 51.0 Å². The lowest BCUT2D eigenvalue weighted by Gasteiger charge is -2.14. The zero-order valence-corrected chi connectivity index (χ0v) is 19.2. The molecule has 0 aliphatic heterocycles. The standard InChI is InChI=1S/C23H20BrCl2NO2/c1-3-28-22-12-17(13-27-21-6-4-5-19(25)15(21)2)11-20(26)23(22)29-14-16-7-9-18(24)10-8-16/h4-13H,3,14H2,1-2H3. The van der Waals surface area contributed by atoms with Gasteiger partial charge in [-0.05, 0) is 66.9 Å². The van der Waals surface area contributed by atoms with Crippen LogP contribution in [0.2, 0.25) is 10.0 Å². The molecule has 0 fully saturated rings. The molecule has 0 saturated carbocycles. The minimum atomic E-state index is 0.391. The first-order chi connectivity index (χ1) is 14.0. The van der Waals surface area contributed by atoms with Crippen molar-refractivity contribution in [3.63, 3.8) is 0 Å². The number of halogens is 3. The molecule has 3 rings (SSSR count). The van der Waals surface area contributed by atoms with Crippen LogP contribution in [0.3, 0.4) is 0 Å². The van der Waals surface area contributed by atoms with Gasteiger partial charge in [-0.2, -0.15) is 0 Å². The first-order valence-corrected chi connectivity index (χ1v) is 10.7. The van der Waals surface area contributed by atoms with Crippen molar-refractivity contribution in [1.82, 2.24) is 0 Å². The van der Waals surface area contributed by atoms with Gasteiger partial charge in [-0.15, -0.1) is 0 Å². The average Bonchev–Trinajstić information content (AvgIpc) is 2.70. The second-order valence-electron chi connectivity index (χ2n) is 6.32. The summed E-state index contributed by atoms with van der Waals surface area (Å²) in [5.74, 6) is 1.11. The summed E-state index contributed by atoms with van der Waals surface area (Å²) in [6, 6.07) is 17.2. The van der Waals surface area contributed by atoms with E-state index in [0.717, 1.165) is 26.9 Å². The van der Waals surface area contributed by atoms with Crippen LogP contribution in [-0.2, 0) is 6.61 Å². The van der Waals surface area contributed by atoms with Crippen molar-refractivity contribution < 1.29 is 9.47 Å². The van der Waals surface area contributed by atoms with Gasteiger partial charge in [0.05, 0.1) is 17.3 Å². The van der Waals surface area contributed by atoms with Gasteiger partial charge in [-0.1, -0.05) is 57.3 Å². The number of hydrogen-bond acceptors (Lipinski definition) is 3. The average molecular weight is 493 g/mol. The molecule has 6 heteroatoms. The van der Waals surface area contributed by atoms with Crippen LogP contribution in [0.4, 0.5) is 5.69 Å². The maximum Gasteiger partial charge on any atom is 0.180 e. The fraction of sp³-hybridized carbons (Fsp3) is 0.174. The van der Waals surface area contributed by atoms with Crippen LogP contribution >= 0.6 is 39.1 Å². The SMILES string of the molecule is CCOc1cc(C=Nc2cccc(Cl)c2C)cc(Cl)c1OCc1ccc(Br)cc1. The highest BCUT2D eigenvalue weighted by atomic mass is 79.9. The normalized spacial score (nSPS) is 11.1. The number of nitrogens with zero attached hydrogens (tertiary/aromatic N) is 1. The van der Waals surface area contributed by atoms with E-state index in [1.165, 1.54) is 0 Å². The largest absolute Gasteiger partial charge is 0.490 e. The van der Waals surface area contributed by atoms with Crippen molar-refractivity contribution in [2.45, 2.75) is 20.5 Å². The maximum absolute atomic E-state index is 6.50. The fourth-order valence-corrected chi connectivity index (χ4v) is 3.39. The number of aliphatic imine (C=N–C) groups is 1. The molecule has 0 unspecified atom stereocenters. The van der Waals surface area contributed by atoms with E-state index in [1.54, 1.807) is 6.21 Å². The Kier molecular flexibility index (Phi) is 7.59. The van der Waals surface area contributed by atoms with Crippen LogP contribution in [0.1, 0.15) is 23.6 Å². The van der Waals surface area contributed by atoms with Crippen molar-refractivity contribution in [2.75, 3.05) is 6.61 Å². The molecule has 0 aliphatic carbocycles. The van der Waals surface area contributed by atoms with Crippen LogP contribution in [0.15, 0.2) is 64.1 Å². The summed E-state index contributed by atoms with van der Waals surface area (Å²) in [4.78, 5) is 4.54. The van der Waals surface area contributed by atoms with Crippen molar-refractivity contribution in [2.24, 2.45) is 4.99 Å². The second-order valence-corrected chi connectivity index (χ2v) is 8.05. The highest BCUT2D eigenvalue weighted by Gasteiger charge is 2.13. The molecule has 0 atom stereocenters. The molecule has 0 aromatic heterocycles. The van der Waals surface area contributed by atoms with E-state index in [2.05, 4.69) is 20.9 Å². The van der Waals surface area contributed by atoms with Crippen molar-refractivity contribution in [3.05, 3.63) is 85.8 Å². The smallest absolute Gasteiger partial charge is 0.180 e. The van der Waals surface area contributed by atoms with Gasteiger partial charge in [0, 0.05) is 15.7 Å². The molecule has 0 bridgehead atoms.